The maximum Gasteiger partial charge on any atom is 0.234 e. The molecule has 1 fully saturated rings. The van der Waals surface area contributed by atoms with Gasteiger partial charge in [-0.15, -0.1) is 11.3 Å². The molecule has 1 aliphatic rings. The minimum Gasteiger partial charge on any atom is -0.357 e. The van der Waals surface area contributed by atoms with Crippen LogP contribution in [-0.2, 0) is 17.6 Å². The summed E-state index contributed by atoms with van der Waals surface area (Å²) in [7, 11) is 0. The molecule has 2 heterocycles. The van der Waals surface area contributed by atoms with Gasteiger partial charge in [-0.1, -0.05) is 6.92 Å². The van der Waals surface area contributed by atoms with E-state index in [1.807, 2.05) is 20.0 Å². The Morgan fingerprint density at radius 2 is 2.04 bits per heavy atom. The second-order valence-corrected chi connectivity index (χ2v) is 8.24. The monoisotopic (exact) mass is 394 g/mol. The van der Waals surface area contributed by atoms with Crippen molar-refractivity contribution in [3.8, 4) is 0 Å². The number of rotatable bonds is 8. The first-order chi connectivity index (χ1) is 13.0. The van der Waals surface area contributed by atoms with Crippen molar-refractivity contribution in [1.29, 1.82) is 0 Å². The number of hydrogen-bond donors (Lipinski definition) is 2. The molecule has 0 radical (unpaired) electrons. The van der Waals surface area contributed by atoms with Crippen molar-refractivity contribution in [3.63, 3.8) is 0 Å². The number of amides is 1. The Morgan fingerprint density at radius 1 is 1.30 bits per heavy atom. The van der Waals surface area contributed by atoms with Gasteiger partial charge in [0.2, 0.25) is 5.91 Å². The van der Waals surface area contributed by atoms with Crippen molar-refractivity contribution in [2.75, 3.05) is 45.8 Å². The number of guanidine groups is 1. The predicted molar refractivity (Wildman–Crippen MR) is 112 cm³/mol. The lowest BCUT2D eigenvalue weighted by Gasteiger charge is -2.36. The molecule has 0 bridgehead atoms. The lowest BCUT2D eigenvalue weighted by atomic mass is 10.3. The smallest absolute Gasteiger partial charge is 0.234 e. The second kappa shape index (κ2) is 11.2. The second-order valence-electron chi connectivity index (χ2n) is 7.04. The first-order valence-electron chi connectivity index (χ1n) is 10.00. The minimum atomic E-state index is 0.105. The molecule has 1 aliphatic heterocycles. The molecule has 7 nitrogen and oxygen atoms in total. The van der Waals surface area contributed by atoms with E-state index < -0.39 is 0 Å². The Hall–Kier alpha value is -1.67. The Labute approximate surface area is 167 Å². The van der Waals surface area contributed by atoms with Crippen LogP contribution in [0.5, 0.6) is 0 Å². The first kappa shape index (κ1) is 21.6. The summed E-state index contributed by atoms with van der Waals surface area (Å²) in [6, 6.07) is 0.192. The Morgan fingerprint density at radius 3 is 2.63 bits per heavy atom. The van der Waals surface area contributed by atoms with Gasteiger partial charge in [0.1, 0.15) is 0 Å². The van der Waals surface area contributed by atoms with Crippen molar-refractivity contribution in [1.82, 2.24) is 25.4 Å². The van der Waals surface area contributed by atoms with Gasteiger partial charge in [-0.3, -0.25) is 14.7 Å². The molecule has 1 saturated heterocycles. The number of nitrogens with zero attached hydrogens (tertiary/aromatic N) is 4. The zero-order valence-electron chi connectivity index (χ0n) is 17.1. The van der Waals surface area contributed by atoms with E-state index in [0.29, 0.717) is 6.54 Å². The summed E-state index contributed by atoms with van der Waals surface area (Å²) in [6.45, 7) is 13.8. The van der Waals surface area contributed by atoms with Crippen LogP contribution in [0, 0.1) is 0 Å². The van der Waals surface area contributed by atoms with E-state index in [-0.39, 0.29) is 11.9 Å². The summed E-state index contributed by atoms with van der Waals surface area (Å²) in [6.07, 6.45) is 3.90. The van der Waals surface area contributed by atoms with Gasteiger partial charge in [0.25, 0.3) is 0 Å². The van der Waals surface area contributed by atoms with E-state index in [9.17, 15) is 4.79 Å². The van der Waals surface area contributed by atoms with E-state index in [0.717, 1.165) is 63.1 Å². The molecule has 0 saturated carbocycles. The van der Waals surface area contributed by atoms with Gasteiger partial charge < -0.3 is 15.5 Å². The van der Waals surface area contributed by atoms with Gasteiger partial charge >= 0.3 is 0 Å². The highest BCUT2D eigenvalue weighted by atomic mass is 32.1. The van der Waals surface area contributed by atoms with Crippen molar-refractivity contribution < 1.29 is 4.79 Å². The molecule has 8 heteroatoms. The van der Waals surface area contributed by atoms with Gasteiger partial charge in [-0.25, -0.2) is 4.98 Å². The lowest BCUT2D eigenvalue weighted by molar-refractivity contribution is -0.123. The molecule has 0 aromatic carbocycles. The molecule has 1 aromatic heterocycles. The van der Waals surface area contributed by atoms with Crippen LogP contribution in [0.25, 0.3) is 0 Å². The zero-order chi connectivity index (χ0) is 19.6. The highest BCUT2D eigenvalue weighted by molar-refractivity contribution is 7.11. The van der Waals surface area contributed by atoms with Gasteiger partial charge in [-0.2, -0.15) is 0 Å². The van der Waals surface area contributed by atoms with Gasteiger partial charge in [-0.05, 0) is 27.2 Å². The van der Waals surface area contributed by atoms with Crippen molar-refractivity contribution in [3.05, 3.63) is 16.1 Å². The third kappa shape index (κ3) is 7.46. The zero-order valence-corrected chi connectivity index (χ0v) is 17.9. The average Bonchev–Trinajstić information content (AvgIpc) is 3.09. The Balaban J connectivity index is 1.81. The molecular formula is C19H34N6OS. The van der Waals surface area contributed by atoms with E-state index in [2.05, 4.69) is 39.3 Å². The quantitative estimate of drug-likeness (QED) is 0.514. The largest absolute Gasteiger partial charge is 0.357 e. The Bertz CT molecular complexity index is 607. The van der Waals surface area contributed by atoms with E-state index in [1.54, 1.807) is 11.3 Å². The maximum absolute atomic E-state index is 11.9. The van der Waals surface area contributed by atoms with E-state index in [4.69, 9.17) is 4.99 Å². The molecule has 2 N–H and O–H groups in total. The third-order valence-electron chi connectivity index (χ3n) is 4.36. The number of piperazine rings is 1. The molecule has 0 atom stereocenters. The topological polar surface area (TPSA) is 72.9 Å². The minimum absolute atomic E-state index is 0.105. The summed E-state index contributed by atoms with van der Waals surface area (Å²) >= 11 is 1.78. The number of aryl methyl sites for hydroxylation is 1. The summed E-state index contributed by atoms with van der Waals surface area (Å²) in [4.78, 5) is 27.0. The fourth-order valence-electron chi connectivity index (χ4n) is 3.00. The summed E-state index contributed by atoms with van der Waals surface area (Å²) < 4.78 is 0. The highest BCUT2D eigenvalue weighted by Gasteiger charge is 2.21. The summed E-state index contributed by atoms with van der Waals surface area (Å²) in [5, 5.41) is 7.52. The highest BCUT2D eigenvalue weighted by Crippen LogP contribution is 2.13. The fourth-order valence-corrected chi connectivity index (χ4v) is 3.85. The molecule has 1 aromatic rings. The van der Waals surface area contributed by atoms with Crippen LogP contribution in [-0.4, -0.2) is 78.5 Å². The third-order valence-corrected chi connectivity index (χ3v) is 5.56. The molecule has 152 valence electrons. The number of carbonyl (C=O) groups is 1. The molecule has 1 amide bonds. The Kier molecular flexibility index (Phi) is 9.00. The number of aliphatic imine (C=N–C) groups is 1. The predicted octanol–water partition coefficient (Wildman–Crippen LogP) is 1.36. The molecular weight excluding hydrogens is 360 g/mol. The van der Waals surface area contributed by atoms with Crippen LogP contribution in [0.1, 0.15) is 37.6 Å². The first-order valence-corrected chi connectivity index (χ1v) is 10.8. The van der Waals surface area contributed by atoms with Gasteiger partial charge in [0, 0.05) is 62.8 Å². The van der Waals surface area contributed by atoms with Crippen LogP contribution < -0.4 is 10.6 Å². The molecule has 27 heavy (non-hydrogen) atoms. The van der Waals surface area contributed by atoms with E-state index in [1.165, 1.54) is 4.88 Å². The number of nitrogens with one attached hydrogen (secondary N) is 2. The SMILES string of the molecule is CCNC(=NCCc1ncc(CC)s1)N1CCN(CC(=O)NC(C)C)CC1. The normalized spacial score (nSPS) is 16.0. The van der Waals surface area contributed by atoms with Crippen LogP contribution in [0.3, 0.4) is 0 Å². The van der Waals surface area contributed by atoms with Crippen LogP contribution in [0.4, 0.5) is 0 Å². The maximum atomic E-state index is 11.9. The summed E-state index contributed by atoms with van der Waals surface area (Å²) in [5.74, 6) is 1.07. The number of thiazole rings is 1. The van der Waals surface area contributed by atoms with Crippen LogP contribution in [0.15, 0.2) is 11.2 Å². The molecule has 2 rings (SSSR count). The molecule has 0 aliphatic carbocycles. The standard InChI is InChI=1S/C19H34N6OS/c1-5-16-13-22-18(27-16)7-8-21-19(20-6-2)25-11-9-24(10-12-25)14-17(26)23-15(3)4/h13,15H,5-12,14H2,1-4H3,(H,20,21)(H,23,26). The van der Waals surface area contributed by atoms with Crippen LogP contribution >= 0.6 is 11.3 Å². The lowest BCUT2D eigenvalue weighted by Crippen LogP contribution is -2.54. The molecule has 0 spiro atoms. The number of carbonyl (C=O) groups excluding carboxylic acids is 1. The van der Waals surface area contributed by atoms with Crippen LogP contribution in [0.2, 0.25) is 0 Å². The van der Waals surface area contributed by atoms with Crippen molar-refractivity contribution >= 4 is 23.2 Å². The molecule has 0 unspecified atom stereocenters. The average molecular weight is 395 g/mol. The van der Waals surface area contributed by atoms with Crippen molar-refractivity contribution in [2.24, 2.45) is 4.99 Å². The number of hydrogen-bond acceptors (Lipinski definition) is 5. The fraction of sp³-hybridized carbons (Fsp3) is 0.737. The van der Waals surface area contributed by atoms with Gasteiger partial charge in [0.15, 0.2) is 5.96 Å². The van der Waals surface area contributed by atoms with E-state index >= 15 is 0 Å². The number of aromatic nitrogens is 1. The van der Waals surface area contributed by atoms with Gasteiger partial charge in [0.05, 0.1) is 11.6 Å². The summed E-state index contributed by atoms with van der Waals surface area (Å²) in [5.41, 5.74) is 0. The van der Waals surface area contributed by atoms with Crippen molar-refractivity contribution in [2.45, 2.75) is 46.6 Å².